The molecule has 1 aliphatic heterocycles. The maximum absolute atomic E-state index is 12.6. The largest absolute Gasteiger partial charge is 0.452 e. The first kappa shape index (κ1) is 20.8. The van der Waals surface area contributed by atoms with Crippen molar-refractivity contribution in [3.05, 3.63) is 71.3 Å². The monoisotopic (exact) mass is 438 g/mol. The summed E-state index contributed by atoms with van der Waals surface area (Å²) >= 11 is 5.86. The lowest BCUT2D eigenvalue weighted by Crippen LogP contribution is -2.30. The van der Waals surface area contributed by atoms with Gasteiger partial charge in [-0.3, -0.25) is 19.3 Å². The highest BCUT2D eigenvalue weighted by Crippen LogP contribution is 2.37. The summed E-state index contributed by atoms with van der Waals surface area (Å²) in [6.07, 6.45) is 4.98. The second-order valence-electron chi connectivity index (χ2n) is 7.35. The summed E-state index contributed by atoms with van der Waals surface area (Å²) in [6, 6.07) is 12.6. The SMILES string of the molecule is O=C(COC(=O)c1ccc(N2C(=O)[C@@H]3CC=CC[C@H]3C2=O)cc1)Nc1cccc(Cl)c1. The predicted molar refractivity (Wildman–Crippen MR) is 115 cm³/mol. The number of allylic oxidation sites excluding steroid dienone is 2. The topological polar surface area (TPSA) is 92.8 Å². The first-order chi connectivity index (χ1) is 14.9. The number of carbonyl (C=O) groups is 4. The molecule has 1 aliphatic carbocycles. The Labute approximate surface area is 183 Å². The molecule has 0 unspecified atom stereocenters. The van der Waals surface area contributed by atoms with Gasteiger partial charge in [0.05, 0.1) is 23.1 Å². The molecule has 0 bridgehead atoms. The van der Waals surface area contributed by atoms with E-state index in [4.69, 9.17) is 16.3 Å². The Morgan fingerprint density at radius 2 is 1.65 bits per heavy atom. The molecule has 7 nitrogen and oxygen atoms in total. The van der Waals surface area contributed by atoms with E-state index in [1.807, 2.05) is 12.2 Å². The zero-order valence-corrected chi connectivity index (χ0v) is 17.2. The van der Waals surface area contributed by atoms with Crippen LogP contribution in [0.3, 0.4) is 0 Å². The Morgan fingerprint density at radius 1 is 1.00 bits per heavy atom. The number of fused-ring (bicyclic) bond motifs is 1. The highest BCUT2D eigenvalue weighted by Gasteiger charge is 2.47. The molecular formula is C23H19ClN2O5. The number of ether oxygens (including phenoxy) is 1. The third-order valence-corrected chi connectivity index (χ3v) is 5.55. The van der Waals surface area contributed by atoms with Crippen molar-refractivity contribution in [1.82, 2.24) is 0 Å². The molecular weight excluding hydrogens is 420 g/mol. The molecule has 0 aromatic heterocycles. The average molecular weight is 439 g/mol. The smallest absolute Gasteiger partial charge is 0.338 e. The molecule has 1 N–H and O–H groups in total. The molecule has 2 aliphatic rings. The van der Waals surface area contributed by atoms with E-state index in [1.165, 1.54) is 29.2 Å². The minimum Gasteiger partial charge on any atom is -0.452 e. The van der Waals surface area contributed by atoms with Crippen molar-refractivity contribution >= 4 is 46.7 Å². The number of nitrogens with one attached hydrogen (secondary N) is 1. The minimum atomic E-state index is -0.690. The van der Waals surface area contributed by atoms with E-state index in [1.54, 1.807) is 24.3 Å². The Hall–Kier alpha value is -3.45. The fourth-order valence-electron chi connectivity index (χ4n) is 3.78. The van der Waals surface area contributed by atoms with Crippen molar-refractivity contribution in [2.24, 2.45) is 11.8 Å². The van der Waals surface area contributed by atoms with Gasteiger partial charge in [0.1, 0.15) is 0 Å². The van der Waals surface area contributed by atoms with Gasteiger partial charge in [0.2, 0.25) is 11.8 Å². The van der Waals surface area contributed by atoms with Crippen LogP contribution in [0.5, 0.6) is 0 Å². The summed E-state index contributed by atoms with van der Waals surface area (Å²) < 4.78 is 5.04. The van der Waals surface area contributed by atoms with Gasteiger partial charge in [-0.1, -0.05) is 29.8 Å². The third-order valence-electron chi connectivity index (χ3n) is 5.31. The number of hydrogen-bond donors (Lipinski definition) is 1. The van der Waals surface area contributed by atoms with E-state index in [9.17, 15) is 19.2 Å². The van der Waals surface area contributed by atoms with Crippen molar-refractivity contribution in [1.29, 1.82) is 0 Å². The van der Waals surface area contributed by atoms with Crippen LogP contribution in [0.4, 0.5) is 11.4 Å². The van der Waals surface area contributed by atoms with Crippen LogP contribution in [-0.4, -0.2) is 30.3 Å². The van der Waals surface area contributed by atoms with Crippen molar-refractivity contribution in [3.8, 4) is 0 Å². The molecule has 3 amide bonds. The van der Waals surface area contributed by atoms with Gasteiger partial charge in [-0.25, -0.2) is 4.79 Å². The minimum absolute atomic E-state index is 0.206. The van der Waals surface area contributed by atoms with E-state index in [0.29, 0.717) is 29.2 Å². The summed E-state index contributed by atoms with van der Waals surface area (Å²) in [5.74, 6) is -2.26. The Balaban J connectivity index is 1.36. The van der Waals surface area contributed by atoms with E-state index in [0.717, 1.165) is 0 Å². The number of rotatable bonds is 5. The molecule has 2 atom stereocenters. The molecule has 1 heterocycles. The van der Waals surface area contributed by atoms with Crippen molar-refractivity contribution in [2.45, 2.75) is 12.8 Å². The highest BCUT2D eigenvalue weighted by molar-refractivity contribution is 6.30. The van der Waals surface area contributed by atoms with Crippen LogP contribution >= 0.6 is 11.6 Å². The van der Waals surface area contributed by atoms with E-state index in [2.05, 4.69) is 5.32 Å². The molecule has 2 aromatic carbocycles. The van der Waals surface area contributed by atoms with Crippen molar-refractivity contribution in [3.63, 3.8) is 0 Å². The van der Waals surface area contributed by atoms with Gasteiger partial charge >= 0.3 is 5.97 Å². The van der Waals surface area contributed by atoms with Crippen molar-refractivity contribution in [2.75, 3.05) is 16.8 Å². The average Bonchev–Trinajstić information content (AvgIpc) is 3.02. The number of benzene rings is 2. The number of imide groups is 1. The Kier molecular flexibility index (Phi) is 5.86. The van der Waals surface area contributed by atoms with Gasteiger partial charge in [-0.15, -0.1) is 0 Å². The van der Waals surface area contributed by atoms with Crippen LogP contribution < -0.4 is 10.2 Å². The number of halogens is 1. The number of nitrogens with zero attached hydrogens (tertiary/aromatic N) is 1. The molecule has 8 heteroatoms. The van der Waals surface area contributed by atoms with Crippen molar-refractivity contribution < 1.29 is 23.9 Å². The second kappa shape index (κ2) is 8.73. The van der Waals surface area contributed by atoms with Gasteiger partial charge < -0.3 is 10.1 Å². The fraction of sp³-hybridized carbons (Fsp3) is 0.217. The lowest BCUT2D eigenvalue weighted by molar-refractivity contribution is -0.122. The third kappa shape index (κ3) is 4.36. The number of amides is 3. The van der Waals surface area contributed by atoms with E-state index < -0.39 is 18.5 Å². The molecule has 0 spiro atoms. The van der Waals surface area contributed by atoms with Gasteiger partial charge in [-0.05, 0) is 55.3 Å². The van der Waals surface area contributed by atoms with E-state index in [-0.39, 0.29) is 29.2 Å². The lowest BCUT2D eigenvalue weighted by atomic mass is 9.85. The molecule has 2 aromatic rings. The molecule has 1 fully saturated rings. The molecule has 158 valence electrons. The lowest BCUT2D eigenvalue weighted by Gasteiger charge is -2.15. The van der Waals surface area contributed by atoms with E-state index >= 15 is 0 Å². The molecule has 0 radical (unpaired) electrons. The summed E-state index contributed by atoms with van der Waals surface area (Å²) in [6.45, 7) is -0.466. The maximum Gasteiger partial charge on any atom is 0.338 e. The zero-order valence-electron chi connectivity index (χ0n) is 16.4. The standard InChI is InChI=1S/C23H19ClN2O5/c24-15-4-3-5-16(12-15)25-20(27)13-31-23(30)14-8-10-17(11-9-14)26-21(28)18-6-1-2-7-19(18)22(26)29/h1-5,8-12,18-19H,6-7,13H2,(H,25,27)/t18-,19-/m1/s1. The predicted octanol–water partition coefficient (Wildman–Crippen LogP) is 3.59. The van der Waals surface area contributed by atoms with Gasteiger partial charge in [0.15, 0.2) is 6.61 Å². The summed E-state index contributed by atoms with van der Waals surface area (Å²) in [5.41, 5.74) is 1.12. The van der Waals surface area contributed by atoms with Crippen LogP contribution in [0.25, 0.3) is 0 Å². The molecule has 0 saturated carbocycles. The Morgan fingerprint density at radius 3 is 2.26 bits per heavy atom. The number of anilines is 2. The second-order valence-corrected chi connectivity index (χ2v) is 7.79. The van der Waals surface area contributed by atoms with Crippen LogP contribution in [0.15, 0.2) is 60.7 Å². The molecule has 1 saturated heterocycles. The first-order valence-electron chi connectivity index (χ1n) is 9.79. The molecule has 4 rings (SSSR count). The summed E-state index contributed by atoms with van der Waals surface area (Å²) in [4.78, 5) is 50.7. The Bertz CT molecular complexity index is 1050. The summed E-state index contributed by atoms with van der Waals surface area (Å²) in [5, 5.41) is 3.06. The fourth-order valence-corrected chi connectivity index (χ4v) is 3.97. The van der Waals surface area contributed by atoms with Gasteiger partial charge in [0.25, 0.3) is 5.91 Å². The quantitative estimate of drug-likeness (QED) is 0.437. The number of hydrogen-bond acceptors (Lipinski definition) is 5. The van der Waals surface area contributed by atoms with Crippen LogP contribution in [0.2, 0.25) is 5.02 Å². The van der Waals surface area contributed by atoms with Crippen LogP contribution in [0.1, 0.15) is 23.2 Å². The normalized spacial score (nSPS) is 19.8. The number of esters is 1. The first-order valence-corrected chi connectivity index (χ1v) is 10.2. The highest BCUT2D eigenvalue weighted by atomic mass is 35.5. The summed E-state index contributed by atoms with van der Waals surface area (Å²) in [7, 11) is 0. The van der Waals surface area contributed by atoms with Crippen LogP contribution in [-0.2, 0) is 19.1 Å². The maximum atomic E-state index is 12.6. The van der Waals surface area contributed by atoms with Crippen LogP contribution in [0, 0.1) is 11.8 Å². The molecule has 31 heavy (non-hydrogen) atoms. The van der Waals surface area contributed by atoms with Gasteiger partial charge in [0, 0.05) is 10.7 Å². The van der Waals surface area contributed by atoms with Gasteiger partial charge in [-0.2, -0.15) is 0 Å². The zero-order chi connectivity index (χ0) is 22.0. The number of carbonyl (C=O) groups excluding carboxylic acids is 4.